The van der Waals surface area contributed by atoms with E-state index in [4.69, 9.17) is 0 Å². The molecule has 0 radical (unpaired) electrons. The number of anilines is 1. The topological polar surface area (TPSA) is 101 Å². The molecule has 7 heteroatoms. The van der Waals surface area contributed by atoms with Gasteiger partial charge in [-0.2, -0.15) is 0 Å². The van der Waals surface area contributed by atoms with Crippen LogP contribution in [0.25, 0.3) is 6.08 Å². The Labute approximate surface area is 157 Å². The molecule has 0 aromatic heterocycles. The van der Waals surface area contributed by atoms with Crippen molar-refractivity contribution >= 4 is 29.3 Å². The quantitative estimate of drug-likeness (QED) is 0.321. The summed E-state index contributed by atoms with van der Waals surface area (Å²) in [6.45, 7) is 2.62. The molecule has 0 saturated heterocycles. The Bertz CT molecular complexity index is 845. The summed E-state index contributed by atoms with van der Waals surface area (Å²) in [6, 6.07) is 12.6. The van der Waals surface area contributed by atoms with E-state index < -0.39 is 10.8 Å². The summed E-state index contributed by atoms with van der Waals surface area (Å²) in [5.41, 5.74) is 1.46. The van der Waals surface area contributed by atoms with Crippen molar-refractivity contribution in [2.75, 3.05) is 11.9 Å². The zero-order valence-electron chi connectivity index (χ0n) is 15.0. The number of nitro benzene ring substituents is 1. The fourth-order valence-electron chi connectivity index (χ4n) is 2.32. The van der Waals surface area contributed by atoms with Crippen LogP contribution in [0.2, 0.25) is 0 Å². The highest BCUT2D eigenvalue weighted by molar-refractivity contribution is 6.07. The molecule has 0 aliphatic heterocycles. The summed E-state index contributed by atoms with van der Waals surface area (Å²) in [5.74, 6) is -0.638. The fraction of sp³-hybridized carbons (Fsp3) is 0.200. The lowest BCUT2D eigenvalue weighted by Crippen LogP contribution is -2.25. The normalized spacial score (nSPS) is 10.6. The Kier molecular flexibility index (Phi) is 7.25. The van der Waals surface area contributed by atoms with Crippen molar-refractivity contribution in [3.05, 3.63) is 75.8 Å². The lowest BCUT2D eigenvalue weighted by atomic mass is 10.1. The van der Waals surface area contributed by atoms with Crippen LogP contribution in [0.15, 0.2) is 54.6 Å². The molecule has 0 aliphatic carbocycles. The van der Waals surface area contributed by atoms with Crippen LogP contribution >= 0.6 is 0 Å². The number of rotatable bonds is 8. The van der Waals surface area contributed by atoms with Gasteiger partial charge >= 0.3 is 0 Å². The van der Waals surface area contributed by atoms with Gasteiger partial charge in [-0.05, 0) is 42.3 Å². The van der Waals surface area contributed by atoms with E-state index in [1.807, 2.05) is 6.92 Å². The van der Waals surface area contributed by atoms with Crippen molar-refractivity contribution in [3.8, 4) is 0 Å². The van der Waals surface area contributed by atoms with Crippen molar-refractivity contribution < 1.29 is 14.5 Å². The third-order valence-corrected chi connectivity index (χ3v) is 3.78. The third-order valence-electron chi connectivity index (χ3n) is 3.78. The Balaban J connectivity index is 2.03. The van der Waals surface area contributed by atoms with Crippen LogP contribution < -0.4 is 10.6 Å². The Morgan fingerprint density at radius 2 is 1.81 bits per heavy atom. The van der Waals surface area contributed by atoms with E-state index in [1.165, 1.54) is 18.2 Å². The van der Waals surface area contributed by atoms with Gasteiger partial charge in [-0.25, -0.2) is 0 Å². The van der Waals surface area contributed by atoms with Crippen LogP contribution in [0.4, 0.5) is 11.4 Å². The molecule has 27 heavy (non-hydrogen) atoms. The third kappa shape index (κ3) is 6.07. The number of benzene rings is 2. The van der Waals surface area contributed by atoms with Gasteiger partial charge < -0.3 is 10.6 Å². The molecule has 0 heterocycles. The number of nitrogens with one attached hydrogen (secondary N) is 2. The van der Waals surface area contributed by atoms with Crippen molar-refractivity contribution in [2.24, 2.45) is 0 Å². The second-order valence-corrected chi connectivity index (χ2v) is 5.83. The van der Waals surface area contributed by atoms with E-state index in [2.05, 4.69) is 10.6 Å². The predicted molar refractivity (Wildman–Crippen MR) is 104 cm³/mol. The highest BCUT2D eigenvalue weighted by atomic mass is 16.6. The van der Waals surface area contributed by atoms with Gasteiger partial charge in [-0.15, -0.1) is 0 Å². The molecule has 0 saturated carbocycles. The number of non-ortho nitro benzene ring substituents is 1. The molecule has 0 bridgehead atoms. The van der Waals surface area contributed by atoms with Crippen molar-refractivity contribution in [1.82, 2.24) is 5.32 Å². The number of nitro groups is 1. The van der Waals surface area contributed by atoms with Gasteiger partial charge in [0.15, 0.2) is 0 Å². The number of hydrogen-bond acceptors (Lipinski definition) is 4. The van der Waals surface area contributed by atoms with Gasteiger partial charge in [0, 0.05) is 24.8 Å². The van der Waals surface area contributed by atoms with Gasteiger partial charge in [0.2, 0.25) is 5.91 Å². The first-order valence-electron chi connectivity index (χ1n) is 8.62. The molecule has 2 rings (SSSR count). The Morgan fingerprint density at radius 1 is 1.11 bits per heavy atom. The summed E-state index contributed by atoms with van der Waals surface area (Å²) in [6.07, 6.45) is 4.72. The highest BCUT2D eigenvalue weighted by Gasteiger charge is 2.11. The number of nitrogens with zero attached hydrogens (tertiary/aromatic N) is 1. The van der Waals surface area contributed by atoms with Gasteiger partial charge in [0.1, 0.15) is 0 Å². The van der Waals surface area contributed by atoms with E-state index in [0.29, 0.717) is 23.4 Å². The molecule has 140 valence electrons. The van der Waals surface area contributed by atoms with Gasteiger partial charge in [-0.1, -0.05) is 25.5 Å². The van der Waals surface area contributed by atoms with E-state index in [1.54, 1.807) is 42.5 Å². The largest absolute Gasteiger partial charge is 0.352 e. The lowest BCUT2D eigenvalue weighted by Gasteiger charge is -2.10. The van der Waals surface area contributed by atoms with E-state index >= 15 is 0 Å². The van der Waals surface area contributed by atoms with E-state index in [9.17, 15) is 19.7 Å². The minimum atomic E-state index is -0.483. The monoisotopic (exact) mass is 367 g/mol. The van der Waals surface area contributed by atoms with Crippen molar-refractivity contribution in [2.45, 2.75) is 19.8 Å². The van der Waals surface area contributed by atoms with Crippen molar-refractivity contribution in [3.63, 3.8) is 0 Å². The summed E-state index contributed by atoms with van der Waals surface area (Å²) >= 11 is 0. The number of unbranched alkanes of at least 4 members (excludes halogenated alkanes) is 1. The Morgan fingerprint density at radius 3 is 2.48 bits per heavy atom. The zero-order chi connectivity index (χ0) is 19.6. The molecule has 2 aromatic rings. The summed E-state index contributed by atoms with van der Waals surface area (Å²) in [5, 5.41) is 16.2. The number of carbonyl (C=O) groups is 2. The van der Waals surface area contributed by atoms with E-state index in [0.717, 1.165) is 12.8 Å². The maximum Gasteiger partial charge on any atom is 0.269 e. The minimum Gasteiger partial charge on any atom is -0.352 e. The van der Waals surface area contributed by atoms with Gasteiger partial charge in [0.25, 0.3) is 11.6 Å². The molecule has 0 atom stereocenters. The van der Waals surface area contributed by atoms with Crippen molar-refractivity contribution in [1.29, 1.82) is 0 Å². The fourth-order valence-corrected chi connectivity index (χ4v) is 2.32. The van der Waals surface area contributed by atoms with Crippen LogP contribution in [-0.2, 0) is 4.79 Å². The average Bonchev–Trinajstić information content (AvgIpc) is 2.67. The summed E-state index contributed by atoms with van der Waals surface area (Å²) < 4.78 is 0. The minimum absolute atomic E-state index is 0.0142. The molecule has 0 spiro atoms. The SMILES string of the molecule is CCCCNC(=O)c1ccccc1NC(=O)/C=C/c1ccc([N+](=O)[O-])cc1. The molecule has 7 nitrogen and oxygen atoms in total. The number of para-hydroxylation sites is 1. The van der Waals surface area contributed by atoms with Crippen LogP contribution in [-0.4, -0.2) is 23.3 Å². The second-order valence-electron chi connectivity index (χ2n) is 5.83. The second kappa shape index (κ2) is 9.86. The average molecular weight is 367 g/mol. The van der Waals surface area contributed by atoms with E-state index in [-0.39, 0.29) is 11.6 Å². The van der Waals surface area contributed by atoms with Gasteiger partial charge in [-0.3, -0.25) is 19.7 Å². The molecule has 0 fully saturated rings. The first kappa shape index (κ1) is 19.8. The molecular formula is C20H21N3O4. The first-order chi connectivity index (χ1) is 13.0. The first-order valence-corrected chi connectivity index (χ1v) is 8.62. The van der Waals surface area contributed by atoms with Crippen LogP contribution in [0.5, 0.6) is 0 Å². The number of carbonyl (C=O) groups excluding carboxylic acids is 2. The van der Waals surface area contributed by atoms with Crippen LogP contribution in [0.1, 0.15) is 35.7 Å². The highest BCUT2D eigenvalue weighted by Crippen LogP contribution is 2.16. The van der Waals surface area contributed by atoms with Crippen LogP contribution in [0.3, 0.4) is 0 Å². The Hall–Kier alpha value is -3.48. The lowest BCUT2D eigenvalue weighted by molar-refractivity contribution is -0.384. The summed E-state index contributed by atoms with van der Waals surface area (Å²) in [7, 11) is 0. The number of amides is 2. The van der Waals surface area contributed by atoms with Crippen LogP contribution in [0, 0.1) is 10.1 Å². The maximum atomic E-state index is 12.3. The molecular weight excluding hydrogens is 346 g/mol. The molecule has 2 amide bonds. The predicted octanol–water partition coefficient (Wildman–Crippen LogP) is 3.78. The maximum absolute atomic E-state index is 12.3. The zero-order valence-corrected chi connectivity index (χ0v) is 15.0. The summed E-state index contributed by atoms with van der Waals surface area (Å²) in [4.78, 5) is 34.6. The molecule has 0 aliphatic rings. The molecule has 2 aromatic carbocycles. The molecule has 2 N–H and O–H groups in total. The smallest absolute Gasteiger partial charge is 0.269 e. The molecule has 0 unspecified atom stereocenters. The van der Waals surface area contributed by atoms with Gasteiger partial charge in [0.05, 0.1) is 16.2 Å². The standard InChI is InChI=1S/C20H21N3O4/c1-2-3-14-21-20(25)17-6-4-5-7-18(17)22-19(24)13-10-15-8-11-16(12-9-15)23(26)27/h4-13H,2-3,14H2,1H3,(H,21,25)(H,22,24)/b13-10+. The number of hydrogen-bond donors (Lipinski definition) is 2.